The highest BCUT2D eigenvalue weighted by Gasteiger charge is 2.18. The van der Waals surface area contributed by atoms with Crippen molar-refractivity contribution in [2.24, 2.45) is 5.92 Å². The maximum Gasteiger partial charge on any atom is 0.279 e. The number of hydrogen-bond acceptors (Lipinski definition) is 8. The lowest BCUT2D eigenvalue weighted by Crippen LogP contribution is -2.23. The highest BCUT2D eigenvalue weighted by Crippen LogP contribution is 2.37. The van der Waals surface area contributed by atoms with Crippen molar-refractivity contribution in [3.8, 4) is 27.3 Å². The lowest BCUT2D eigenvalue weighted by molar-refractivity contribution is -0.119. The van der Waals surface area contributed by atoms with Crippen molar-refractivity contribution in [1.29, 1.82) is 0 Å². The monoisotopic (exact) mass is 463 g/mol. The molecule has 0 radical (unpaired) electrons. The minimum atomic E-state index is -0.275. The van der Waals surface area contributed by atoms with Crippen LogP contribution >= 0.6 is 22.9 Å². The van der Waals surface area contributed by atoms with Crippen LogP contribution in [0.5, 0.6) is 16.7 Å². The normalized spacial score (nSPS) is 16.8. The molecule has 4 rings (SSSR count). The molecule has 164 valence electrons. The molecule has 8 nitrogen and oxygen atoms in total. The summed E-state index contributed by atoms with van der Waals surface area (Å²) in [4.78, 5) is 16.3. The lowest BCUT2D eigenvalue weighted by atomic mass is 10.1. The van der Waals surface area contributed by atoms with E-state index in [0.29, 0.717) is 45.7 Å². The molecular formula is C21H22ClN3O5S. The third-order valence-corrected chi connectivity index (χ3v) is 5.92. The Labute approximate surface area is 188 Å². The first-order chi connectivity index (χ1) is 15.0. The molecule has 0 saturated carbocycles. The Bertz CT molecular complexity index is 1050. The van der Waals surface area contributed by atoms with Gasteiger partial charge in [-0.2, -0.15) is 0 Å². The van der Waals surface area contributed by atoms with Gasteiger partial charge in [-0.15, -0.1) is 0 Å². The summed E-state index contributed by atoms with van der Waals surface area (Å²) in [5, 5.41) is 7.67. The van der Waals surface area contributed by atoms with Crippen LogP contribution in [0, 0.1) is 5.92 Å². The standard InChI is InChI=1S/C21H22ClN3O5S/c1-12(24-13(2)26)19-8-17(25-30-19)20-9-23-21(31-20)29-18-4-3-15(7-16(18)22)28-11-14-5-6-27-10-14/h3-4,7-9,12,14H,5-6,10-11H2,1-2H3,(H,24,26). The van der Waals surface area contributed by atoms with Gasteiger partial charge in [-0.3, -0.25) is 4.79 Å². The first-order valence-corrected chi connectivity index (χ1v) is 11.0. The maximum atomic E-state index is 11.2. The predicted molar refractivity (Wildman–Crippen MR) is 116 cm³/mol. The molecule has 2 aromatic heterocycles. The van der Waals surface area contributed by atoms with E-state index in [1.54, 1.807) is 24.4 Å². The number of nitrogens with one attached hydrogen (secondary N) is 1. The van der Waals surface area contributed by atoms with Crippen LogP contribution in [-0.4, -0.2) is 35.9 Å². The summed E-state index contributed by atoms with van der Waals surface area (Å²) >= 11 is 7.68. The van der Waals surface area contributed by atoms with Crippen LogP contribution in [0.2, 0.25) is 5.02 Å². The van der Waals surface area contributed by atoms with Crippen molar-refractivity contribution < 1.29 is 23.5 Å². The Morgan fingerprint density at radius 1 is 1.42 bits per heavy atom. The van der Waals surface area contributed by atoms with Gasteiger partial charge in [0.15, 0.2) is 5.76 Å². The van der Waals surface area contributed by atoms with E-state index in [9.17, 15) is 4.79 Å². The van der Waals surface area contributed by atoms with Gasteiger partial charge in [-0.1, -0.05) is 28.1 Å². The van der Waals surface area contributed by atoms with E-state index in [2.05, 4.69) is 15.5 Å². The fourth-order valence-corrected chi connectivity index (χ4v) is 4.03. The summed E-state index contributed by atoms with van der Waals surface area (Å²) in [6, 6.07) is 6.80. The van der Waals surface area contributed by atoms with Gasteiger partial charge in [-0.05, 0) is 25.5 Å². The van der Waals surface area contributed by atoms with Gasteiger partial charge in [-0.25, -0.2) is 4.98 Å². The molecule has 1 N–H and O–H groups in total. The SMILES string of the molecule is CC(=O)NC(C)c1cc(-c2cnc(Oc3ccc(OCC4CCOC4)cc3Cl)s2)no1. The first kappa shape index (κ1) is 21.6. The number of benzene rings is 1. The molecule has 1 aliphatic heterocycles. The molecule has 3 heterocycles. The summed E-state index contributed by atoms with van der Waals surface area (Å²) in [6.07, 6.45) is 2.67. The van der Waals surface area contributed by atoms with Gasteiger partial charge in [0.25, 0.3) is 5.19 Å². The van der Waals surface area contributed by atoms with E-state index < -0.39 is 0 Å². The Kier molecular flexibility index (Phi) is 6.74. The fraction of sp³-hybridized carbons (Fsp3) is 0.381. The number of carbonyl (C=O) groups excluding carboxylic acids is 1. The Morgan fingerprint density at radius 3 is 3.03 bits per heavy atom. The number of thiazole rings is 1. The van der Waals surface area contributed by atoms with E-state index >= 15 is 0 Å². The van der Waals surface area contributed by atoms with Crippen LogP contribution in [0.4, 0.5) is 0 Å². The molecule has 1 aliphatic rings. The van der Waals surface area contributed by atoms with Crippen molar-refractivity contribution in [2.75, 3.05) is 19.8 Å². The molecule has 2 atom stereocenters. The van der Waals surface area contributed by atoms with Crippen LogP contribution in [0.25, 0.3) is 10.6 Å². The highest BCUT2D eigenvalue weighted by molar-refractivity contribution is 7.16. The number of aromatic nitrogens is 2. The van der Waals surface area contributed by atoms with Gasteiger partial charge in [0.05, 0.1) is 35.4 Å². The number of ether oxygens (including phenoxy) is 3. The second kappa shape index (κ2) is 9.67. The molecule has 10 heteroatoms. The maximum absolute atomic E-state index is 11.2. The molecule has 0 spiro atoms. The summed E-state index contributed by atoms with van der Waals surface area (Å²) in [5.41, 5.74) is 0.616. The number of amides is 1. The van der Waals surface area contributed by atoms with Crippen molar-refractivity contribution in [2.45, 2.75) is 26.3 Å². The fourth-order valence-electron chi connectivity index (χ4n) is 3.09. The molecule has 2 unspecified atom stereocenters. The van der Waals surface area contributed by atoms with Crippen LogP contribution in [0.3, 0.4) is 0 Å². The zero-order valence-corrected chi connectivity index (χ0v) is 18.7. The van der Waals surface area contributed by atoms with E-state index in [0.717, 1.165) is 24.5 Å². The molecule has 1 amide bonds. The Hall–Kier alpha value is -2.62. The smallest absolute Gasteiger partial charge is 0.279 e. The summed E-state index contributed by atoms with van der Waals surface area (Å²) < 4.78 is 22.3. The number of nitrogens with zero attached hydrogens (tertiary/aromatic N) is 2. The molecule has 1 saturated heterocycles. The van der Waals surface area contributed by atoms with Gasteiger partial charge < -0.3 is 24.1 Å². The van der Waals surface area contributed by atoms with Gasteiger partial charge >= 0.3 is 0 Å². The summed E-state index contributed by atoms with van der Waals surface area (Å²) in [5.74, 6) is 2.01. The Morgan fingerprint density at radius 2 is 2.29 bits per heavy atom. The zero-order valence-electron chi connectivity index (χ0n) is 17.1. The van der Waals surface area contributed by atoms with Crippen LogP contribution in [0.1, 0.15) is 32.1 Å². The van der Waals surface area contributed by atoms with E-state index in [-0.39, 0.29) is 11.9 Å². The molecular weight excluding hydrogens is 442 g/mol. The topological polar surface area (TPSA) is 95.7 Å². The molecule has 1 aromatic carbocycles. The van der Waals surface area contributed by atoms with Crippen LogP contribution in [0.15, 0.2) is 35.0 Å². The average molecular weight is 464 g/mol. The number of carbonyl (C=O) groups is 1. The van der Waals surface area contributed by atoms with Crippen molar-refractivity contribution in [1.82, 2.24) is 15.5 Å². The highest BCUT2D eigenvalue weighted by atomic mass is 35.5. The second-order valence-corrected chi connectivity index (χ2v) is 8.66. The molecule has 0 bridgehead atoms. The third kappa shape index (κ3) is 5.55. The van der Waals surface area contributed by atoms with Crippen molar-refractivity contribution in [3.05, 3.63) is 41.2 Å². The number of hydrogen-bond donors (Lipinski definition) is 1. The predicted octanol–water partition coefficient (Wildman–Crippen LogP) is 4.86. The van der Waals surface area contributed by atoms with E-state index in [4.69, 9.17) is 30.3 Å². The molecule has 31 heavy (non-hydrogen) atoms. The lowest BCUT2D eigenvalue weighted by Gasteiger charge is -2.11. The minimum absolute atomic E-state index is 0.139. The summed E-state index contributed by atoms with van der Waals surface area (Å²) in [7, 11) is 0. The van der Waals surface area contributed by atoms with Crippen LogP contribution < -0.4 is 14.8 Å². The van der Waals surface area contributed by atoms with Gasteiger partial charge in [0, 0.05) is 31.6 Å². The zero-order chi connectivity index (χ0) is 21.8. The number of halogens is 1. The van der Waals surface area contributed by atoms with Gasteiger partial charge in [0.1, 0.15) is 17.2 Å². The molecule has 0 aliphatic carbocycles. The summed E-state index contributed by atoms with van der Waals surface area (Å²) in [6.45, 7) is 5.41. The van der Waals surface area contributed by atoms with Gasteiger partial charge in [0.2, 0.25) is 5.91 Å². The quantitative estimate of drug-likeness (QED) is 0.509. The third-order valence-electron chi connectivity index (χ3n) is 4.72. The second-order valence-electron chi connectivity index (χ2n) is 7.26. The Balaban J connectivity index is 1.38. The molecule has 3 aromatic rings. The molecule has 1 fully saturated rings. The van der Waals surface area contributed by atoms with Crippen molar-refractivity contribution in [3.63, 3.8) is 0 Å². The first-order valence-electron chi connectivity index (χ1n) is 9.86. The van der Waals surface area contributed by atoms with E-state index in [1.165, 1.54) is 18.3 Å². The van der Waals surface area contributed by atoms with E-state index in [1.807, 2.05) is 13.0 Å². The minimum Gasteiger partial charge on any atom is -0.493 e. The average Bonchev–Trinajstić information content (AvgIpc) is 3.49. The largest absolute Gasteiger partial charge is 0.493 e. The van der Waals surface area contributed by atoms with Crippen LogP contribution in [-0.2, 0) is 9.53 Å². The van der Waals surface area contributed by atoms with Crippen molar-refractivity contribution >= 4 is 28.8 Å². The number of rotatable bonds is 8.